The first kappa shape index (κ1) is 29.2. The van der Waals surface area contributed by atoms with Crippen LogP contribution in [0.5, 0.6) is 0 Å². The molecular formula is C28H19F6N3O4S. The maximum Gasteiger partial charge on any atom is 0.416 e. The minimum Gasteiger partial charge on any atom is -0.337 e. The molecule has 3 aromatic carbocycles. The molecule has 1 aliphatic rings. The van der Waals surface area contributed by atoms with Crippen LogP contribution in [0.1, 0.15) is 27.0 Å². The number of aryl methyl sites for hydroxylation is 1. The van der Waals surface area contributed by atoms with Gasteiger partial charge in [0.05, 0.1) is 21.6 Å². The molecule has 0 bridgehead atoms. The fraction of sp³-hybridized carbons (Fsp3) is 0.214. The number of halogens is 6. The highest BCUT2D eigenvalue weighted by molar-refractivity contribution is 7.99. The van der Waals surface area contributed by atoms with Crippen molar-refractivity contribution in [3.8, 4) is 11.1 Å². The van der Waals surface area contributed by atoms with Crippen LogP contribution in [0.3, 0.4) is 0 Å². The van der Waals surface area contributed by atoms with E-state index in [1.165, 1.54) is 40.6 Å². The lowest BCUT2D eigenvalue weighted by Gasteiger charge is -2.25. The lowest BCUT2D eigenvalue weighted by molar-refractivity contribution is -0.384. The molecule has 0 fully saturated rings. The predicted octanol–water partition coefficient (Wildman–Crippen LogP) is 6.99. The van der Waals surface area contributed by atoms with Crippen molar-refractivity contribution in [1.29, 1.82) is 0 Å². The predicted molar refractivity (Wildman–Crippen MR) is 143 cm³/mol. The molecule has 0 radical (unpaired) electrons. The number of benzene rings is 3. The molecule has 0 saturated heterocycles. The van der Waals surface area contributed by atoms with Gasteiger partial charge in [0.25, 0.3) is 17.2 Å². The van der Waals surface area contributed by atoms with Gasteiger partial charge >= 0.3 is 12.4 Å². The number of non-ortho nitro benzene ring substituents is 1. The second-order valence-corrected chi connectivity index (χ2v) is 10.7. The van der Waals surface area contributed by atoms with Crippen molar-refractivity contribution in [2.75, 3.05) is 12.8 Å². The molecule has 1 aliphatic heterocycles. The standard InChI is InChI=1S/C28H19F6N3O4S/c1-35(14-15-10-17(27(29,30)31)13-18(11-15)28(32,33)34)25(38)23-22(16-4-2-5-19(12-16)37(40)41)20-6-3-7-21-24(20)36(26(23)39)8-9-42-21/h2-7,10-13H,8-9,14H2,1H3. The van der Waals surface area contributed by atoms with Crippen LogP contribution in [0.4, 0.5) is 32.0 Å². The van der Waals surface area contributed by atoms with Crippen LogP contribution in [-0.2, 0) is 25.4 Å². The van der Waals surface area contributed by atoms with Gasteiger partial charge in [-0.05, 0) is 35.4 Å². The van der Waals surface area contributed by atoms with E-state index in [4.69, 9.17) is 0 Å². The van der Waals surface area contributed by atoms with Gasteiger partial charge in [-0.1, -0.05) is 24.3 Å². The quantitative estimate of drug-likeness (QED) is 0.139. The van der Waals surface area contributed by atoms with Crippen molar-refractivity contribution < 1.29 is 36.1 Å². The second kappa shape index (κ2) is 10.5. The molecule has 1 amide bonds. The van der Waals surface area contributed by atoms with Gasteiger partial charge in [-0.3, -0.25) is 19.7 Å². The minimum absolute atomic E-state index is 0.0121. The number of nitro benzene ring substituents is 1. The third-order valence-corrected chi connectivity index (χ3v) is 7.82. The van der Waals surface area contributed by atoms with Crippen LogP contribution in [0.15, 0.2) is 70.4 Å². The van der Waals surface area contributed by atoms with E-state index in [9.17, 15) is 46.0 Å². The van der Waals surface area contributed by atoms with Crippen molar-refractivity contribution in [3.05, 3.63) is 103 Å². The Morgan fingerprint density at radius 1 is 1.00 bits per heavy atom. The van der Waals surface area contributed by atoms with E-state index in [2.05, 4.69) is 0 Å². The number of rotatable bonds is 5. The first-order chi connectivity index (χ1) is 19.7. The number of aromatic nitrogens is 1. The van der Waals surface area contributed by atoms with E-state index in [1.807, 2.05) is 0 Å². The average molecular weight is 608 g/mol. The molecule has 7 nitrogen and oxygen atoms in total. The lowest BCUT2D eigenvalue weighted by atomic mass is 9.94. The normalized spacial score (nSPS) is 13.3. The number of hydrogen-bond acceptors (Lipinski definition) is 5. The molecule has 218 valence electrons. The monoisotopic (exact) mass is 607 g/mol. The molecule has 4 aromatic rings. The van der Waals surface area contributed by atoms with E-state index in [0.29, 0.717) is 28.8 Å². The van der Waals surface area contributed by atoms with Gasteiger partial charge in [-0.25, -0.2) is 0 Å². The molecular weight excluding hydrogens is 588 g/mol. The molecule has 0 spiro atoms. The Bertz CT molecular complexity index is 1780. The zero-order chi connectivity index (χ0) is 30.6. The number of amides is 1. The molecule has 0 N–H and O–H groups in total. The molecule has 0 saturated carbocycles. The Hall–Kier alpha value is -4.33. The van der Waals surface area contributed by atoms with Gasteiger partial charge < -0.3 is 9.47 Å². The van der Waals surface area contributed by atoms with Gasteiger partial charge in [-0.15, -0.1) is 11.8 Å². The summed E-state index contributed by atoms with van der Waals surface area (Å²) in [5, 5.41) is 11.9. The molecule has 0 aliphatic carbocycles. The van der Waals surface area contributed by atoms with E-state index >= 15 is 0 Å². The zero-order valence-corrected chi connectivity index (χ0v) is 22.4. The number of nitro groups is 1. The Morgan fingerprint density at radius 2 is 1.64 bits per heavy atom. The molecule has 14 heteroatoms. The van der Waals surface area contributed by atoms with E-state index in [0.717, 1.165) is 16.8 Å². The molecule has 1 aromatic heterocycles. The third-order valence-electron chi connectivity index (χ3n) is 6.79. The molecule has 0 atom stereocenters. The SMILES string of the molecule is CN(Cc1cc(C(F)(F)F)cc(C(F)(F)F)c1)C(=O)c1c(-c2cccc([N+](=O)[O-])c2)c2cccc3c2n(c1=O)CCS3. The van der Waals surface area contributed by atoms with Crippen molar-refractivity contribution >= 4 is 34.3 Å². The lowest BCUT2D eigenvalue weighted by Crippen LogP contribution is -2.36. The molecule has 5 rings (SSSR count). The largest absolute Gasteiger partial charge is 0.416 e. The van der Waals surface area contributed by atoms with Crippen LogP contribution in [0.25, 0.3) is 22.0 Å². The maximum atomic E-state index is 13.9. The summed E-state index contributed by atoms with van der Waals surface area (Å²) in [5.41, 5.74) is -4.19. The Kier molecular flexibility index (Phi) is 7.29. The fourth-order valence-corrected chi connectivity index (χ4v) is 6.00. The fourth-order valence-electron chi connectivity index (χ4n) is 4.98. The first-order valence-electron chi connectivity index (χ1n) is 12.3. The van der Waals surface area contributed by atoms with Gasteiger partial charge in [0.1, 0.15) is 5.56 Å². The van der Waals surface area contributed by atoms with Crippen molar-refractivity contribution in [1.82, 2.24) is 9.47 Å². The van der Waals surface area contributed by atoms with Crippen LogP contribution in [-0.4, -0.2) is 33.1 Å². The molecule has 42 heavy (non-hydrogen) atoms. The number of nitrogens with zero attached hydrogens (tertiary/aromatic N) is 3. The summed E-state index contributed by atoms with van der Waals surface area (Å²) in [7, 11) is 1.15. The van der Waals surface area contributed by atoms with Gasteiger partial charge in [0.15, 0.2) is 0 Å². The van der Waals surface area contributed by atoms with E-state index < -0.39 is 57.5 Å². The number of pyridine rings is 1. The van der Waals surface area contributed by atoms with Crippen LogP contribution in [0.2, 0.25) is 0 Å². The number of alkyl halides is 6. The first-order valence-corrected chi connectivity index (χ1v) is 13.3. The summed E-state index contributed by atoms with van der Waals surface area (Å²) in [4.78, 5) is 40.2. The maximum absolute atomic E-state index is 13.9. The summed E-state index contributed by atoms with van der Waals surface area (Å²) in [5.74, 6) is -0.461. The Labute approximate surface area is 237 Å². The topological polar surface area (TPSA) is 85.4 Å². The number of para-hydroxylation sites is 1. The minimum atomic E-state index is -5.08. The third kappa shape index (κ3) is 5.33. The highest BCUT2D eigenvalue weighted by atomic mass is 32.2. The summed E-state index contributed by atoms with van der Waals surface area (Å²) in [6.07, 6.45) is -10.2. The average Bonchev–Trinajstić information content (AvgIpc) is 2.93. The summed E-state index contributed by atoms with van der Waals surface area (Å²) >= 11 is 1.48. The summed E-state index contributed by atoms with van der Waals surface area (Å²) < 4.78 is 81.8. The summed E-state index contributed by atoms with van der Waals surface area (Å²) in [6, 6.07) is 11.5. The van der Waals surface area contributed by atoms with Gasteiger partial charge in [-0.2, -0.15) is 26.3 Å². The number of hydrogen-bond donors (Lipinski definition) is 0. The highest BCUT2D eigenvalue weighted by Crippen LogP contribution is 2.39. The molecule has 0 unspecified atom stereocenters. The van der Waals surface area contributed by atoms with Gasteiger partial charge in [0, 0.05) is 53.9 Å². The smallest absolute Gasteiger partial charge is 0.337 e. The van der Waals surface area contributed by atoms with Crippen molar-refractivity contribution in [2.45, 2.75) is 30.3 Å². The van der Waals surface area contributed by atoms with Crippen molar-refractivity contribution in [2.24, 2.45) is 0 Å². The van der Waals surface area contributed by atoms with E-state index in [1.54, 1.807) is 18.2 Å². The highest BCUT2D eigenvalue weighted by Gasteiger charge is 2.37. The Balaban J connectivity index is 1.69. The van der Waals surface area contributed by atoms with Crippen LogP contribution < -0.4 is 5.56 Å². The number of thioether (sulfide) groups is 1. The zero-order valence-electron chi connectivity index (χ0n) is 21.5. The second-order valence-electron chi connectivity index (χ2n) is 9.59. The van der Waals surface area contributed by atoms with Gasteiger partial charge in [0.2, 0.25) is 0 Å². The Morgan fingerprint density at radius 3 is 2.26 bits per heavy atom. The van der Waals surface area contributed by atoms with Crippen LogP contribution in [0, 0.1) is 10.1 Å². The van der Waals surface area contributed by atoms with Crippen molar-refractivity contribution in [3.63, 3.8) is 0 Å². The number of carbonyl (C=O) groups excluding carboxylic acids is 1. The van der Waals surface area contributed by atoms with E-state index in [-0.39, 0.29) is 29.4 Å². The molecule has 2 heterocycles. The van der Waals surface area contributed by atoms with Crippen LogP contribution >= 0.6 is 11.8 Å². The number of carbonyl (C=O) groups is 1. The summed E-state index contributed by atoms with van der Waals surface area (Å²) in [6.45, 7) is -0.452.